The SMILES string of the molecule is Cc1ccc2c(c1)CC[C@@H]1[C@@H]2CC[C@@]2(C)[C@H]1CC[C@]2(O)Cc1ncccc1Br. The van der Waals surface area contributed by atoms with E-state index in [1.54, 1.807) is 11.1 Å². The highest BCUT2D eigenvalue weighted by Crippen LogP contribution is 2.64. The Morgan fingerprint density at radius 3 is 2.86 bits per heavy atom. The Morgan fingerprint density at radius 1 is 1.18 bits per heavy atom. The Bertz CT molecular complexity index is 911. The Hall–Kier alpha value is -1.19. The minimum Gasteiger partial charge on any atom is -0.389 e. The zero-order valence-corrected chi connectivity index (χ0v) is 18.5. The van der Waals surface area contributed by atoms with Gasteiger partial charge in [-0.2, -0.15) is 0 Å². The van der Waals surface area contributed by atoms with E-state index in [-0.39, 0.29) is 5.41 Å². The predicted molar refractivity (Wildman–Crippen MR) is 116 cm³/mol. The number of fused-ring (bicyclic) bond motifs is 5. The summed E-state index contributed by atoms with van der Waals surface area (Å²) in [7, 11) is 0. The van der Waals surface area contributed by atoms with Gasteiger partial charge in [-0.3, -0.25) is 4.98 Å². The molecule has 0 radical (unpaired) electrons. The summed E-state index contributed by atoms with van der Waals surface area (Å²) in [6.45, 7) is 4.58. The van der Waals surface area contributed by atoms with Crippen molar-refractivity contribution in [1.29, 1.82) is 0 Å². The van der Waals surface area contributed by atoms with E-state index < -0.39 is 5.60 Å². The number of aryl methyl sites for hydroxylation is 2. The number of aliphatic hydroxyl groups is 1. The van der Waals surface area contributed by atoms with Crippen LogP contribution in [0, 0.1) is 24.2 Å². The summed E-state index contributed by atoms with van der Waals surface area (Å²) in [4.78, 5) is 4.57. The lowest BCUT2D eigenvalue weighted by Crippen LogP contribution is -2.52. The average Bonchev–Trinajstić information content (AvgIpc) is 2.94. The minimum atomic E-state index is -0.646. The maximum absolute atomic E-state index is 11.9. The van der Waals surface area contributed by atoms with E-state index >= 15 is 0 Å². The quantitative estimate of drug-likeness (QED) is 0.623. The fourth-order valence-corrected chi connectivity index (χ4v) is 7.33. The number of rotatable bonds is 2. The molecule has 1 aromatic carbocycles. The van der Waals surface area contributed by atoms with Crippen molar-refractivity contribution in [2.75, 3.05) is 0 Å². The molecule has 2 nitrogen and oxygen atoms in total. The molecule has 5 atom stereocenters. The van der Waals surface area contributed by atoms with E-state index in [9.17, 15) is 5.11 Å². The molecule has 148 valence electrons. The van der Waals surface area contributed by atoms with Gasteiger partial charge in [-0.1, -0.05) is 30.7 Å². The van der Waals surface area contributed by atoms with Crippen molar-refractivity contribution in [1.82, 2.24) is 4.98 Å². The van der Waals surface area contributed by atoms with Gasteiger partial charge in [0.25, 0.3) is 0 Å². The van der Waals surface area contributed by atoms with Gasteiger partial charge < -0.3 is 5.11 Å². The fourth-order valence-electron chi connectivity index (χ4n) is 6.94. The van der Waals surface area contributed by atoms with Crippen LogP contribution in [0.15, 0.2) is 41.0 Å². The topological polar surface area (TPSA) is 33.1 Å². The standard InChI is InChI=1S/C25H30BrNO/c1-16-5-7-18-17(14-16)6-8-20-19(18)9-11-24(2)21(20)10-12-25(24,28)15-23-22(26)4-3-13-27-23/h3-5,7,13-14,19-21,28H,6,8-12,15H2,1-2H3/t19-,20-,21+,24+,25+/m1/s1. The Morgan fingerprint density at radius 2 is 2.04 bits per heavy atom. The average molecular weight is 440 g/mol. The number of pyridine rings is 1. The number of halogens is 1. The third-order valence-corrected chi connectivity index (χ3v) is 9.22. The lowest BCUT2D eigenvalue weighted by molar-refractivity contribution is -0.102. The second kappa shape index (κ2) is 6.67. The maximum atomic E-state index is 11.9. The smallest absolute Gasteiger partial charge is 0.0759 e. The first-order valence-electron chi connectivity index (χ1n) is 10.8. The van der Waals surface area contributed by atoms with Crippen molar-refractivity contribution >= 4 is 15.9 Å². The second-order valence-corrected chi connectivity index (χ2v) is 10.6. The van der Waals surface area contributed by atoms with Crippen LogP contribution in [0.5, 0.6) is 0 Å². The third kappa shape index (κ3) is 2.73. The van der Waals surface area contributed by atoms with Gasteiger partial charge >= 0.3 is 0 Å². The maximum Gasteiger partial charge on any atom is 0.0759 e. The molecule has 0 amide bonds. The molecule has 1 aromatic heterocycles. The summed E-state index contributed by atoms with van der Waals surface area (Å²) in [5.41, 5.74) is 4.91. The Balaban J connectivity index is 1.46. The van der Waals surface area contributed by atoms with Crippen LogP contribution in [0.3, 0.4) is 0 Å². The molecule has 0 spiro atoms. The van der Waals surface area contributed by atoms with Gasteiger partial charge in [0, 0.05) is 17.1 Å². The van der Waals surface area contributed by atoms with Gasteiger partial charge in [0.2, 0.25) is 0 Å². The summed E-state index contributed by atoms with van der Waals surface area (Å²) in [5, 5.41) is 11.9. The van der Waals surface area contributed by atoms with Crippen molar-refractivity contribution in [3.8, 4) is 0 Å². The van der Waals surface area contributed by atoms with Crippen LogP contribution in [-0.2, 0) is 12.8 Å². The summed E-state index contributed by atoms with van der Waals surface area (Å²) < 4.78 is 1.02. The van der Waals surface area contributed by atoms with Crippen molar-refractivity contribution in [3.63, 3.8) is 0 Å². The van der Waals surface area contributed by atoms with Gasteiger partial charge in [0.05, 0.1) is 11.3 Å². The van der Waals surface area contributed by atoms with E-state index in [1.807, 2.05) is 18.3 Å². The van der Waals surface area contributed by atoms with Crippen molar-refractivity contribution in [3.05, 3.63) is 63.4 Å². The highest BCUT2D eigenvalue weighted by Gasteiger charge is 2.61. The van der Waals surface area contributed by atoms with Crippen LogP contribution < -0.4 is 0 Å². The number of hydrogen-bond donors (Lipinski definition) is 1. The first-order chi connectivity index (χ1) is 13.4. The molecule has 1 N–H and O–H groups in total. The Kier molecular flexibility index (Phi) is 4.48. The van der Waals surface area contributed by atoms with E-state index in [2.05, 4.69) is 53.0 Å². The molecule has 28 heavy (non-hydrogen) atoms. The van der Waals surface area contributed by atoms with Gasteiger partial charge in [0.1, 0.15) is 0 Å². The van der Waals surface area contributed by atoms with Crippen LogP contribution in [0.2, 0.25) is 0 Å². The second-order valence-electron chi connectivity index (χ2n) is 9.75. The van der Waals surface area contributed by atoms with Gasteiger partial charge in [-0.25, -0.2) is 0 Å². The number of hydrogen-bond acceptors (Lipinski definition) is 2. The molecule has 2 fully saturated rings. The minimum absolute atomic E-state index is 0.00662. The lowest BCUT2D eigenvalue weighted by atomic mass is 9.53. The summed E-state index contributed by atoms with van der Waals surface area (Å²) in [6, 6.07) is 11.1. The number of benzene rings is 1. The van der Waals surface area contributed by atoms with Crippen LogP contribution in [0.25, 0.3) is 0 Å². The van der Waals surface area contributed by atoms with Crippen LogP contribution in [-0.4, -0.2) is 15.7 Å². The molecular weight excluding hydrogens is 410 g/mol. The molecule has 0 saturated heterocycles. The van der Waals surface area contributed by atoms with E-state index in [4.69, 9.17) is 0 Å². The first kappa shape index (κ1) is 18.8. The summed E-state index contributed by atoms with van der Waals surface area (Å²) in [5.74, 6) is 2.02. The highest BCUT2D eigenvalue weighted by molar-refractivity contribution is 9.10. The van der Waals surface area contributed by atoms with Crippen molar-refractivity contribution in [2.24, 2.45) is 17.3 Å². The predicted octanol–water partition coefficient (Wildman–Crippen LogP) is 5.98. The lowest BCUT2D eigenvalue weighted by Gasteiger charge is -2.53. The number of nitrogens with zero attached hydrogens (tertiary/aromatic N) is 1. The van der Waals surface area contributed by atoms with Crippen LogP contribution >= 0.6 is 15.9 Å². The number of aromatic nitrogens is 1. The van der Waals surface area contributed by atoms with Crippen molar-refractivity contribution < 1.29 is 5.11 Å². The van der Waals surface area contributed by atoms with Gasteiger partial charge in [-0.05, 0) is 108 Å². The highest BCUT2D eigenvalue weighted by atomic mass is 79.9. The summed E-state index contributed by atoms with van der Waals surface area (Å²) in [6.07, 6.45) is 9.37. The van der Waals surface area contributed by atoms with E-state index in [0.29, 0.717) is 18.3 Å². The molecule has 2 aromatic rings. The molecule has 0 unspecified atom stereocenters. The molecule has 3 heteroatoms. The third-order valence-electron chi connectivity index (χ3n) is 8.50. The molecule has 1 heterocycles. The van der Waals surface area contributed by atoms with Crippen LogP contribution in [0.1, 0.15) is 67.3 Å². The molecule has 3 aliphatic rings. The first-order valence-corrected chi connectivity index (χ1v) is 11.6. The molecular formula is C25H30BrNO. The normalized spacial score (nSPS) is 36.5. The fraction of sp³-hybridized carbons (Fsp3) is 0.560. The zero-order chi connectivity index (χ0) is 19.5. The molecule has 0 aliphatic heterocycles. The monoisotopic (exact) mass is 439 g/mol. The van der Waals surface area contributed by atoms with E-state index in [0.717, 1.165) is 35.3 Å². The molecule has 0 bridgehead atoms. The largest absolute Gasteiger partial charge is 0.389 e. The van der Waals surface area contributed by atoms with Crippen molar-refractivity contribution in [2.45, 2.75) is 70.3 Å². The summed E-state index contributed by atoms with van der Waals surface area (Å²) >= 11 is 3.64. The Labute approximate surface area is 176 Å². The molecule has 2 saturated carbocycles. The molecule has 3 aliphatic carbocycles. The van der Waals surface area contributed by atoms with Crippen LogP contribution in [0.4, 0.5) is 0 Å². The zero-order valence-electron chi connectivity index (χ0n) is 16.9. The van der Waals surface area contributed by atoms with Gasteiger partial charge in [0.15, 0.2) is 0 Å². The van der Waals surface area contributed by atoms with Gasteiger partial charge in [-0.15, -0.1) is 0 Å². The van der Waals surface area contributed by atoms with E-state index in [1.165, 1.54) is 24.8 Å². The molecule has 5 rings (SSSR count).